The maximum atomic E-state index is 11.2. The minimum Gasteiger partial charge on any atom is -0.358 e. The van der Waals surface area contributed by atoms with Crippen LogP contribution in [-0.4, -0.2) is 49.0 Å². The van der Waals surface area contributed by atoms with Crippen LogP contribution < -0.4 is 10.6 Å². The second kappa shape index (κ2) is 7.04. The lowest BCUT2D eigenvalue weighted by molar-refractivity contribution is -0.119. The van der Waals surface area contributed by atoms with E-state index in [1.165, 1.54) is 0 Å². The highest BCUT2D eigenvalue weighted by Gasteiger charge is 2.10. The van der Waals surface area contributed by atoms with Crippen LogP contribution in [0.5, 0.6) is 0 Å². The monoisotopic (exact) mass is 285 g/mol. The van der Waals surface area contributed by atoms with E-state index in [-0.39, 0.29) is 12.5 Å². The van der Waals surface area contributed by atoms with E-state index in [9.17, 15) is 4.79 Å². The number of carbonyl (C=O) groups is 1. The highest BCUT2D eigenvalue weighted by molar-refractivity contribution is 6.30. The van der Waals surface area contributed by atoms with Crippen LogP contribution in [0.4, 0.5) is 0 Å². The number of nitrogens with one attached hydrogen (secondary N) is 2. The molecule has 0 aliphatic rings. The molecule has 0 aliphatic carbocycles. The Kier molecular flexibility index (Phi) is 5.69. The predicted octanol–water partition coefficient (Wildman–Crippen LogP) is 0.432. The fourth-order valence-electron chi connectivity index (χ4n) is 1.67. The Hall–Kier alpha value is -1.69. The summed E-state index contributed by atoms with van der Waals surface area (Å²) >= 11 is 5.95. The predicted molar refractivity (Wildman–Crippen MR) is 77.3 cm³/mol. The Labute approximate surface area is 118 Å². The minimum absolute atomic E-state index is 0.0866. The van der Waals surface area contributed by atoms with Gasteiger partial charge in [0.2, 0.25) is 5.91 Å². The first-order valence-corrected chi connectivity index (χ1v) is 6.28. The Morgan fingerprint density at radius 2 is 2.26 bits per heavy atom. The third-order valence-corrected chi connectivity index (χ3v) is 2.94. The number of aliphatic imine (C=N–C) groups is 1. The van der Waals surface area contributed by atoms with Gasteiger partial charge in [0.15, 0.2) is 5.96 Å². The second-order valence-corrected chi connectivity index (χ2v) is 4.63. The topological polar surface area (TPSA) is 61.7 Å². The van der Waals surface area contributed by atoms with Crippen LogP contribution in [0.3, 0.4) is 0 Å². The fraction of sp³-hybridized carbons (Fsp3) is 0.500. The van der Waals surface area contributed by atoms with Crippen molar-refractivity contribution < 1.29 is 4.79 Å². The van der Waals surface area contributed by atoms with Gasteiger partial charge in [0.25, 0.3) is 0 Å². The normalized spacial score (nSPS) is 11.3. The number of amides is 1. The average molecular weight is 286 g/mol. The van der Waals surface area contributed by atoms with E-state index < -0.39 is 0 Å². The van der Waals surface area contributed by atoms with Crippen LogP contribution in [0.1, 0.15) is 5.69 Å². The summed E-state index contributed by atoms with van der Waals surface area (Å²) in [6.07, 6.45) is 1.85. The molecule has 6 nitrogen and oxygen atoms in total. The van der Waals surface area contributed by atoms with E-state index in [2.05, 4.69) is 15.6 Å². The van der Waals surface area contributed by atoms with Gasteiger partial charge in [-0.25, -0.2) is 0 Å². The standard InChI is InChI=1S/C12H20ClN5O/c1-14-11(19)6-16-12(15-2)18(4)8-10-5-9(13)7-17(10)3/h5,7H,6,8H2,1-4H3,(H,14,19)(H,15,16). The van der Waals surface area contributed by atoms with Crippen molar-refractivity contribution in [3.63, 3.8) is 0 Å². The largest absolute Gasteiger partial charge is 0.358 e. The van der Waals surface area contributed by atoms with Crippen molar-refractivity contribution >= 4 is 23.5 Å². The lowest BCUT2D eigenvalue weighted by Gasteiger charge is -2.22. The van der Waals surface area contributed by atoms with Gasteiger partial charge in [0.1, 0.15) is 0 Å². The van der Waals surface area contributed by atoms with Gasteiger partial charge in [0.05, 0.1) is 18.1 Å². The van der Waals surface area contributed by atoms with E-state index in [0.717, 1.165) is 5.69 Å². The molecule has 0 aromatic carbocycles. The molecule has 106 valence electrons. The van der Waals surface area contributed by atoms with Crippen LogP contribution in [0.15, 0.2) is 17.3 Å². The summed E-state index contributed by atoms with van der Waals surface area (Å²) < 4.78 is 1.96. The summed E-state index contributed by atoms with van der Waals surface area (Å²) in [5.74, 6) is 0.567. The van der Waals surface area contributed by atoms with Crippen molar-refractivity contribution in [3.05, 3.63) is 23.0 Å². The molecular formula is C12H20ClN5O. The summed E-state index contributed by atoms with van der Waals surface area (Å²) in [6, 6.07) is 1.91. The van der Waals surface area contributed by atoms with Crippen LogP contribution >= 0.6 is 11.6 Å². The Morgan fingerprint density at radius 3 is 2.74 bits per heavy atom. The zero-order chi connectivity index (χ0) is 14.4. The highest BCUT2D eigenvalue weighted by atomic mass is 35.5. The highest BCUT2D eigenvalue weighted by Crippen LogP contribution is 2.14. The molecule has 1 aromatic heterocycles. The first-order valence-electron chi connectivity index (χ1n) is 5.91. The maximum Gasteiger partial charge on any atom is 0.239 e. The molecule has 19 heavy (non-hydrogen) atoms. The molecule has 0 fully saturated rings. The van der Waals surface area contributed by atoms with Crippen molar-refractivity contribution in [3.8, 4) is 0 Å². The van der Waals surface area contributed by atoms with Crippen molar-refractivity contribution in [1.29, 1.82) is 0 Å². The third kappa shape index (κ3) is 4.48. The molecule has 1 amide bonds. The first kappa shape index (κ1) is 15.4. The number of hydrogen-bond acceptors (Lipinski definition) is 2. The molecule has 0 saturated carbocycles. The number of rotatable bonds is 4. The molecule has 1 heterocycles. The summed E-state index contributed by atoms with van der Waals surface area (Å²) in [5.41, 5.74) is 1.07. The molecule has 7 heteroatoms. The van der Waals surface area contributed by atoms with E-state index in [1.54, 1.807) is 14.1 Å². The van der Waals surface area contributed by atoms with Crippen molar-refractivity contribution in [2.24, 2.45) is 12.0 Å². The molecule has 0 bridgehead atoms. The average Bonchev–Trinajstić information content (AvgIpc) is 2.68. The smallest absolute Gasteiger partial charge is 0.239 e. The summed E-state index contributed by atoms with van der Waals surface area (Å²) in [7, 11) is 7.12. The van der Waals surface area contributed by atoms with Gasteiger partial charge in [-0.2, -0.15) is 0 Å². The number of likely N-dealkylation sites (N-methyl/N-ethyl adjacent to an activating group) is 1. The van der Waals surface area contributed by atoms with Crippen LogP contribution in [0.2, 0.25) is 5.02 Å². The number of aryl methyl sites for hydroxylation is 1. The summed E-state index contributed by atoms with van der Waals surface area (Å²) in [6.45, 7) is 0.845. The lowest BCUT2D eigenvalue weighted by atomic mass is 10.4. The molecule has 0 radical (unpaired) electrons. The maximum absolute atomic E-state index is 11.2. The Bertz CT molecular complexity index is 469. The molecule has 0 atom stereocenters. The number of hydrogen-bond donors (Lipinski definition) is 2. The number of carbonyl (C=O) groups excluding carboxylic acids is 1. The van der Waals surface area contributed by atoms with Crippen molar-refractivity contribution in [2.45, 2.75) is 6.54 Å². The van der Waals surface area contributed by atoms with Crippen LogP contribution in [-0.2, 0) is 18.4 Å². The molecule has 0 aliphatic heterocycles. The number of nitrogens with zero attached hydrogens (tertiary/aromatic N) is 3. The van der Waals surface area contributed by atoms with Crippen molar-refractivity contribution in [1.82, 2.24) is 20.1 Å². The van der Waals surface area contributed by atoms with Crippen molar-refractivity contribution in [2.75, 3.05) is 27.7 Å². The zero-order valence-electron chi connectivity index (χ0n) is 11.7. The summed E-state index contributed by atoms with van der Waals surface area (Å²) in [5, 5.41) is 6.24. The molecule has 0 unspecified atom stereocenters. The number of aromatic nitrogens is 1. The molecule has 1 rings (SSSR count). The van der Waals surface area contributed by atoms with Gasteiger partial charge in [-0.3, -0.25) is 9.79 Å². The SMILES string of the molecule is CN=C(NCC(=O)NC)N(C)Cc1cc(Cl)cn1C. The molecule has 2 N–H and O–H groups in total. The van der Waals surface area contributed by atoms with Gasteiger partial charge in [0, 0.05) is 40.1 Å². The van der Waals surface area contributed by atoms with Gasteiger partial charge in [-0.15, -0.1) is 0 Å². The molecule has 0 spiro atoms. The van der Waals surface area contributed by atoms with Gasteiger partial charge in [-0.05, 0) is 6.07 Å². The van der Waals surface area contributed by atoms with E-state index in [1.807, 2.05) is 35.8 Å². The minimum atomic E-state index is -0.0866. The molecular weight excluding hydrogens is 266 g/mol. The van der Waals surface area contributed by atoms with E-state index in [0.29, 0.717) is 17.5 Å². The van der Waals surface area contributed by atoms with Crippen LogP contribution in [0.25, 0.3) is 0 Å². The van der Waals surface area contributed by atoms with Crippen LogP contribution in [0, 0.1) is 0 Å². The lowest BCUT2D eigenvalue weighted by Crippen LogP contribution is -2.43. The summed E-state index contributed by atoms with van der Waals surface area (Å²) in [4.78, 5) is 17.3. The van der Waals surface area contributed by atoms with Gasteiger partial charge >= 0.3 is 0 Å². The number of guanidine groups is 1. The van der Waals surface area contributed by atoms with E-state index >= 15 is 0 Å². The Balaban J connectivity index is 2.62. The fourth-order valence-corrected chi connectivity index (χ4v) is 1.95. The third-order valence-electron chi connectivity index (χ3n) is 2.73. The van der Waals surface area contributed by atoms with Gasteiger partial charge in [-0.1, -0.05) is 11.6 Å². The zero-order valence-corrected chi connectivity index (χ0v) is 12.5. The second-order valence-electron chi connectivity index (χ2n) is 4.19. The van der Waals surface area contributed by atoms with E-state index in [4.69, 9.17) is 11.6 Å². The molecule has 0 saturated heterocycles. The number of halogens is 1. The van der Waals surface area contributed by atoms with Gasteiger partial charge < -0.3 is 20.1 Å². The Morgan fingerprint density at radius 1 is 1.58 bits per heavy atom. The first-order chi connectivity index (χ1) is 8.97. The molecule has 1 aromatic rings. The quantitative estimate of drug-likeness (QED) is 0.623.